The van der Waals surface area contributed by atoms with E-state index in [9.17, 15) is 0 Å². The number of nitrogens with one attached hydrogen (secondary N) is 1. The van der Waals surface area contributed by atoms with Crippen molar-refractivity contribution in [1.29, 1.82) is 5.26 Å². The Kier molecular flexibility index (Phi) is 3.64. The molecule has 0 unspecified atom stereocenters. The molecule has 84 valence electrons. The van der Waals surface area contributed by atoms with Crippen molar-refractivity contribution in [2.75, 3.05) is 5.32 Å². The van der Waals surface area contributed by atoms with Crippen molar-refractivity contribution in [3.8, 4) is 6.07 Å². The average molecular weight is 243 g/mol. The maximum Gasteiger partial charge on any atom is 0.0995 e. The second-order valence-corrected chi connectivity index (χ2v) is 4.07. The monoisotopic (exact) mass is 242 g/mol. The van der Waals surface area contributed by atoms with Gasteiger partial charge in [0.2, 0.25) is 0 Å². The van der Waals surface area contributed by atoms with Gasteiger partial charge in [-0.2, -0.15) is 5.26 Å². The zero-order valence-corrected chi connectivity index (χ0v) is 9.91. The third-order valence-corrected chi connectivity index (χ3v) is 2.68. The van der Waals surface area contributed by atoms with E-state index in [-0.39, 0.29) is 0 Å². The Morgan fingerprint density at radius 3 is 2.71 bits per heavy atom. The summed E-state index contributed by atoms with van der Waals surface area (Å²) in [5.74, 6) is 0. The molecule has 2 nitrogen and oxygen atoms in total. The summed E-state index contributed by atoms with van der Waals surface area (Å²) >= 11 is 5.89. The predicted octanol–water partition coefficient (Wildman–Crippen LogP) is 3.82. The SMILES string of the molecule is N#Cc1ccccc1CNc1cccc(Cl)c1. The molecule has 0 amide bonds. The minimum absolute atomic E-state index is 0.615. The topological polar surface area (TPSA) is 35.8 Å². The first-order chi connectivity index (χ1) is 8.29. The van der Waals surface area contributed by atoms with Crippen molar-refractivity contribution in [1.82, 2.24) is 0 Å². The molecule has 0 spiro atoms. The van der Waals surface area contributed by atoms with Crippen molar-refractivity contribution in [3.63, 3.8) is 0 Å². The van der Waals surface area contributed by atoms with Gasteiger partial charge in [0, 0.05) is 17.3 Å². The van der Waals surface area contributed by atoms with Crippen LogP contribution in [-0.4, -0.2) is 0 Å². The number of hydrogen-bond acceptors (Lipinski definition) is 2. The van der Waals surface area contributed by atoms with Crippen LogP contribution in [0.5, 0.6) is 0 Å². The molecule has 0 radical (unpaired) electrons. The van der Waals surface area contributed by atoms with Crippen LogP contribution in [-0.2, 0) is 6.54 Å². The van der Waals surface area contributed by atoms with E-state index in [2.05, 4.69) is 11.4 Å². The van der Waals surface area contributed by atoms with Crippen LogP contribution in [0.1, 0.15) is 11.1 Å². The number of benzene rings is 2. The normalized spacial score (nSPS) is 9.65. The van der Waals surface area contributed by atoms with E-state index in [1.807, 2.05) is 48.5 Å². The highest BCUT2D eigenvalue weighted by atomic mass is 35.5. The van der Waals surface area contributed by atoms with E-state index in [1.54, 1.807) is 0 Å². The first kappa shape index (κ1) is 11.5. The van der Waals surface area contributed by atoms with Crippen molar-refractivity contribution in [3.05, 3.63) is 64.7 Å². The van der Waals surface area contributed by atoms with E-state index in [1.165, 1.54) is 0 Å². The van der Waals surface area contributed by atoms with Gasteiger partial charge in [-0.1, -0.05) is 35.9 Å². The minimum atomic E-state index is 0.615. The van der Waals surface area contributed by atoms with Crippen LogP contribution in [0.2, 0.25) is 5.02 Å². The summed E-state index contributed by atoms with van der Waals surface area (Å²) in [7, 11) is 0. The number of nitrogens with zero attached hydrogens (tertiary/aromatic N) is 1. The molecule has 0 aromatic heterocycles. The lowest BCUT2D eigenvalue weighted by atomic mass is 10.1. The lowest BCUT2D eigenvalue weighted by Gasteiger charge is -2.07. The Bertz CT molecular complexity index is 558. The second kappa shape index (κ2) is 5.38. The molecule has 0 aliphatic heterocycles. The first-order valence-electron chi connectivity index (χ1n) is 5.27. The summed E-state index contributed by atoms with van der Waals surface area (Å²) in [6, 6.07) is 17.2. The predicted molar refractivity (Wildman–Crippen MR) is 69.9 cm³/mol. The smallest absolute Gasteiger partial charge is 0.0995 e. The zero-order valence-electron chi connectivity index (χ0n) is 9.15. The highest BCUT2D eigenvalue weighted by Crippen LogP contribution is 2.16. The third-order valence-electron chi connectivity index (χ3n) is 2.45. The Balaban J connectivity index is 2.10. The number of anilines is 1. The molecule has 3 heteroatoms. The minimum Gasteiger partial charge on any atom is -0.381 e. The number of rotatable bonds is 3. The van der Waals surface area contributed by atoms with E-state index in [4.69, 9.17) is 16.9 Å². The van der Waals surface area contributed by atoms with Crippen LogP contribution >= 0.6 is 11.6 Å². The Morgan fingerprint density at radius 1 is 1.12 bits per heavy atom. The maximum absolute atomic E-state index is 8.96. The fourth-order valence-electron chi connectivity index (χ4n) is 1.58. The average Bonchev–Trinajstić information content (AvgIpc) is 2.37. The van der Waals surface area contributed by atoms with Gasteiger partial charge in [-0.25, -0.2) is 0 Å². The largest absolute Gasteiger partial charge is 0.381 e. The molecule has 0 heterocycles. The zero-order chi connectivity index (χ0) is 12.1. The molecule has 17 heavy (non-hydrogen) atoms. The van der Waals surface area contributed by atoms with Gasteiger partial charge in [0.1, 0.15) is 0 Å². The summed E-state index contributed by atoms with van der Waals surface area (Å²) < 4.78 is 0. The van der Waals surface area contributed by atoms with Crippen molar-refractivity contribution >= 4 is 17.3 Å². The molecule has 0 saturated carbocycles. The van der Waals surface area contributed by atoms with Gasteiger partial charge in [-0.05, 0) is 29.8 Å². The summed E-state index contributed by atoms with van der Waals surface area (Å²) in [5, 5.41) is 12.9. The van der Waals surface area contributed by atoms with E-state index in [0.717, 1.165) is 11.3 Å². The molecular weight excluding hydrogens is 232 g/mol. The molecule has 2 rings (SSSR count). The van der Waals surface area contributed by atoms with Gasteiger partial charge in [0.15, 0.2) is 0 Å². The maximum atomic E-state index is 8.96. The highest BCUT2D eigenvalue weighted by Gasteiger charge is 2.00. The Hall–Kier alpha value is -1.98. The summed E-state index contributed by atoms with van der Waals surface area (Å²) in [5.41, 5.74) is 2.63. The molecule has 0 atom stereocenters. The number of hydrogen-bond donors (Lipinski definition) is 1. The lowest BCUT2D eigenvalue weighted by Crippen LogP contribution is -2.01. The fourth-order valence-corrected chi connectivity index (χ4v) is 1.77. The molecule has 0 aliphatic carbocycles. The van der Waals surface area contributed by atoms with Crippen molar-refractivity contribution < 1.29 is 0 Å². The van der Waals surface area contributed by atoms with Gasteiger partial charge >= 0.3 is 0 Å². The van der Waals surface area contributed by atoms with Crippen LogP contribution < -0.4 is 5.32 Å². The molecule has 0 fully saturated rings. The Morgan fingerprint density at radius 2 is 1.94 bits per heavy atom. The van der Waals surface area contributed by atoms with Crippen LogP contribution in [0, 0.1) is 11.3 Å². The fraction of sp³-hybridized carbons (Fsp3) is 0.0714. The van der Waals surface area contributed by atoms with E-state index >= 15 is 0 Å². The lowest BCUT2D eigenvalue weighted by molar-refractivity contribution is 1.14. The standard InChI is InChI=1S/C14H11ClN2/c15-13-6-3-7-14(8-13)17-10-12-5-2-1-4-11(12)9-16/h1-8,17H,10H2. The van der Waals surface area contributed by atoms with Crippen LogP contribution in [0.4, 0.5) is 5.69 Å². The molecular formula is C14H11ClN2. The summed E-state index contributed by atoms with van der Waals surface area (Å²) in [6.07, 6.45) is 0. The molecule has 1 N–H and O–H groups in total. The van der Waals surface area contributed by atoms with Gasteiger partial charge in [-0.3, -0.25) is 0 Å². The first-order valence-corrected chi connectivity index (χ1v) is 5.65. The van der Waals surface area contributed by atoms with Gasteiger partial charge in [0.25, 0.3) is 0 Å². The molecule has 2 aromatic carbocycles. The molecule has 2 aromatic rings. The van der Waals surface area contributed by atoms with Crippen LogP contribution in [0.15, 0.2) is 48.5 Å². The van der Waals surface area contributed by atoms with E-state index in [0.29, 0.717) is 17.1 Å². The van der Waals surface area contributed by atoms with E-state index < -0.39 is 0 Å². The number of nitriles is 1. The quantitative estimate of drug-likeness (QED) is 0.888. The summed E-state index contributed by atoms with van der Waals surface area (Å²) in [4.78, 5) is 0. The molecule has 0 bridgehead atoms. The molecule has 0 saturated heterocycles. The van der Waals surface area contributed by atoms with Gasteiger partial charge < -0.3 is 5.32 Å². The van der Waals surface area contributed by atoms with Crippen molar-refractivity contribution in [2.24, 2.45) is 0 Å². The van der Waals surface area contributed by atoms with Gasteiger partial charge in [-0.15, -0.1) is 0 Å². The number of halogens is 1. The van der Waals surface area contributed by atoms with Crippen LogP contribution in [0.3, 0.4) is 0 Å². The van der Waals surface area contributed by atoms with Gasteiger partial charge in [0.05, 0.1) is 11.6 Å². The highest BCUT2D eigenvalue weighted by molar-refractivity contribution is 6.30. The molecule has 0 aliphatic rings. The van der Waals surface area contributed by atoms with Crippen molar-refractivity contribution in [2.45, 2.75) is 6.54 Å². The summed E-state index contributed by atoms with van der Waals surface area (Å²) in [6.45, 7) is 0.615. The van der Waals surface area contributed by atoms with Crippen LogP contribution in [0.25, 0.3) is 0 Å². The third kappa shape index (κ3) is 2.99. The second-order valence-electron chi connectivity index (χ2n) is 3.63. The Labute approximate surface area is 105 Å².